The molecule has 0 aliphatic carbocycles. The van der Waals surface area contributed by atoms with Gasteiger partial charge in [0, 0.05) is 6.54 Å². The molecule has 0 saturated carbocycles. The van der Waals surface area contributed by atoms with Gasteiger partial charge < -0.3 is 10.1 Å². The molecular formula is C13H16FNO2. The number of hydrogen-bond acceptors (Lipinski definition) is 3. The molecule has 0 aromatic heterocycles. The molecule has 0 radical (unpaired) electrons. The van der Waals surface area contributed by atoms with Gasteiger partial charge in [0.1, 0.15) is 5.82 Å². The summed E-state index contributed by atoms with van der Waals surface area (Å²) in [5, 5.41) is 3.19. The Morgan fingerprint density at radius 2 is 2.12 bits per heavy atom. The van der Waals surface area contributed by atoms with Gasteiger partial charge in [-0.1, -0.05) is 12.1 Å². The van der Waals surface area contributed by atoms with Crippen molar-refractivity contribution in [3.63, 3.8) is 0 Å². The van der Waals surface area contributed by atoms with Crippen LogP contribution < -0.4 is 5.32 Å². The third kappa shape index (κ3) is 2.64. The van der Waals surface area contributed by atoms with E-state index in [1.165, 1.54) is 19.2 Å². The largest absolute Gasteiger partial charge is 0.469 e. The number of carbonyl (C=O) groups is 1. The number of halogens is 1. The molecule has 1 saturated heterocycles. The van der Waals surface area contributed by atoms with Gasteiger partial charge in [-0.2, -0.15) is 0 Å². The summed E-state index contributed by atoms with van der Waals surface area (Å²) in [4.78, 5) is 11.7. The van der Waals surface area contributed by atoms with Crippen molar-refractivity contribution in [2.45, 2.75) is 12.3 Å². The maximum Gasteiger partial charge on any atom is 0.310 e. The van der Waals surface area contributed by atoms with E-state index in [1.54, 1.807) is 12.1 Å². The molecule has 0 unspecified atom stereocenters. The quantitative estimate of drug-likeness (QED) is 0.795. The van der Waals surface area contributed by atoms with Crippen LogP contribution in [0, 0.1) is 11.7 Å². The van der Waals surface area contributed by atoms with Gasteiger partial charge in [0.2, 0.25) is 0 Å². The van der Waals surface area contributed by atoms with Crippen molar-refractivity contribution < 1.29 is 13.9 Å². The van der Waals surface area contributed by atoms with Crippen molar-refractivity contribution in [3.8, 4) is 0 Å². The summed E-state index contributed by atoms with van der Waals surface area (Å²) in [6.07, 6.45) is 0.866. The minimum atomic E-state index is -0.252. The number of hydrogen-bond donors (Lipinski definition) is 1. The van der Waals surface area contributed by atoms with Crippen molar-refractivity contribution in [1.29, 1.82) is 0 Å². The first kappa shape index (κ1) is 12.0. The van der Waals surface area contributed by atoms with Crippen molar-refractivity contribution in [2.24, 2.45) is 5.92 Å². The smallest absolute Gasteiger partial charge is 0.310 e. The van der Waals surface area contributed by atoms with Crippen LogP contribution in [0.2, 0.25) is 0 Å². The average molecular weight is 237 g/mol. The second-order valence-electron chi connectivity index (χ2n) is 4.28. The van der Waals surface area contributed by atoms with Crippen molar-refractivity contribution in [2.75, 3.05) is 20.2 Å². The molecule has 3 nitrogen and oxygen atoms in total. The summed E-state index contributed by atoms with van der Waals surface area (Å²) < 4.78 is 17.7. The Balaban J connectivity index is 2.21. The van der Waals surface area contributed by atoms with Crippen molar-refractivity contribution >= 4 is 5.97 Å². The molecule has 1 fully saturated rings. The van der Waals surface area contributed by atoms with Crippen LogP contribution in [0.15, 0.2) is 24.3 Å². The zero-order valence-electron chi connectivity index (χ0n) is 9.78. The second-order valence-corrected chi connectivity index (χ2v) is 4.28. The first-order valence-corrected chi connectivity index (χ1v) is 5.76. The topological polar surface area (TPSA) is 38.3 Å². The number of benzene rings is 1. The molecule has 1 aliphatic heterocycles. The SMILES string of the molecule is COC(=O)[C@H]1CNCC[C@H]1c1ccc(F)cc1. The van der Waals surface area contributed by atoms with Gasteiger partial charge in [-0.3, -0.25) is 4.79 Å². The first-order chi connectivity index (χ1) is 8.22. The highest BCUT2D eigenvalue weighted by molar-refractivity contribution is 5.74. The van der Waals surface area contributed by atoms with E-state index in [0.29, 0.717) is 6.54 Å². The van der Waals surface area contributed by atoms with E-state index in [0.717, 1.165) is 18.5 Å². The third-order valence-corrected chi connectivity index (χ3v) is 3.28. The zero-order chi connectivity index (χ0) is 12.3. The van der Waals surface area contributed by atoms with E-state index < -0.39 is 0 Å². The van der Waals surface area contributed by atoms with E-state index in [9.17, 15) is 9.18 Å². The summed E-state index contributed by atoms with van der Waals surface area (Å²) in [5.41, 5.74) is 1.00. The van der Waals surface area contributed by atoms with Crippen molar-refractivity contribution in [3.05, 3.63) is 35.6 Å². The molecule has 2 atom stereocenters. The normalized spacial score (nSPS) is 24.4. The van der Waals surface area contributed by atoms with E-state index >= 15 is 0 Å². The highest BCUT2D eigenvalue weighted by atomic mass is 19.1. The number of rotatable bonds is 2. The zero-order valence-corrected chi connectivity index (χ0v) is 9.78. The van der Waals surface area contributed by atoms with Gasteiger partial charge in [-0.15, -0.1) is 0 Å². The second kappa shape index (κ2) is 5.27. The monoisotopic (exact) mass is 237 g/mol. The molecule has 92 valence electrons. The highest BCUT2D eigenvalue weighted by Crippen LogP contribution is 2.31. The number of piperidine rings is 1. The van der Waals surface area contributed by atoms with Crippen LogP contribution in [-0.4, -0.2) is 26.2 Å². The van der Waals surface area contributed by atoms with Crippen LogP contribution in [0.3, 0.4) is 0 Å². The summed E-state index contributed by atoms with van der Waals surface area (Å²) in [7, 11) is 1.40. The molecule has 1 heterocycles. The van der Waals surface area contributed by atoms with Gasteiger partial charge in [0.05, 0.1) is 13.0 Å². The highest BCUT2D eigenvalue weighted by Gasteiger charge is 2.32. The van der Waals surface area contributed by atoms with Crippen LogP contribution in [0.5, 0.6) is 0 Å². The summed E-state index contributed by atoms with van der Waals surface area (Å²) >= 11 is 0. The van der Waals surface area contributed by atoms with E-state index in [4.69, 9.17) is 4.74 Å². The predicted molar refractivity (Wildman–Crippen MR) is 62.1 cm³/mol. The van der Waals surface area contributed by atoms with Gasteiger partial charge in [0.15, 0.2) is 0 Å². The molecule has 1 aromatic rings. The van der Waals surface area contributed by atoms with E-state index in [-0.39, 0.29) is 23.6 Å². The van der Waals surface area contributed by atoms with Gasteiger partial charge in [0.25, 0.3) is 0 Å². The Kier molecular flexibility index (Phi) is 3.74. The maximum absolute atomic E-state index is 12.9. The maximum atomic E-state index is 12.9. The number of methoxy groups -OCH3 is 1. The molecule has 0 spiro atoms. The lowest BCUT2D eigenvalue weighted by Gasteiger charge is -2.30. The molecule has 0 bridgehead atoms. The molecule has 4 heteroatoms. The van der Waals surface area contributed by atoms with Gasteiger partial charge in [-0.05, 0) is 36.6 Å². The Morgan fingerprint density at radius 3 is 2.76 bits per heavy atom. The van der Waals surface area contributed by atoms with Crippen LogP contribution in [0.4, 0.5) is 4.39 Å². The van der Waals surface area contributed by atoms with Gasteiger partial charge in [-0.25, -0.2) is 4.39 Å². The lowest BCUT2D eigenvalue weighted by Crippen LogP contribution is -2.40. The minimum absolute atomic E-state index is 0.115. The van der Waals surface area contributed by atoms with E-state index in [1.807, 2.05) is 0 Å². The van der Waals surface area contributed by atoms with Crippen LogP contribution in [0.1, 0.15) is 17.9 Å². The molecule has 1 aliphatic rings. The van der Waals surface area contributed by atoms with Crippen LogP contribution in [-0.2, 0) is 9.53 Å². The lowest BCUT2D eigenvalue weighted by molar-refractivity contribution is -0.146. The first-order valence-electron chi connectivity index (χ1n) is 5.76. The fraction of sp³-hybridized carbons (Fsp3) is 0.462. The molecule has 1 N–H and O–H groups in total. The summed E-state index contributed by atoms with van der Waals surface area (Å²) in [6, 6.07) is 6.37. The number of ether oxygens (including phenoxy) is 1. The Bertz CT molecular complexity index is 391. The Hall–Kier alpha value is -1.42. The van der Waals surface area contributed by atoms with E-state index in [2.05, 4.69) is 5.32 Å². The Labute approximate surface area is 100.0 Å². The van der Waals surface area contributed by atoms with Crippen molar-refractivity contribution in [1.82, 2.24) is 5.32 Å². The standard InChI is InChI=1S/C13H16FNO2/c1-17-13(16)12-8-15-7-6-11(12)9-2-4-10(14)5-3-9/h2-5,11-12,15H,6-8H2,1H3/t11-,12-/m0/s1. The van der Waals surface area contributed by atoms with Crippen LogP contribution >= 0.6 is 0 Å². The predicted octanol–water partition coefficient (Wildman–Crippen LogP) is 1.69. The average Bonchev–Trinajstić information content (AvgIpc) is 2.39. The summed E-state index contributed by atoms with van der Waals surface area (Å²) in [5.74, 6) is -0.521. The molecule has 1 aromatic carbocycles. The summed E-state index contributed by atoms with van der Waals surface area (Å²) in [6.45, 7) is 1.49. The molecule has 2 rings (SSSR count). The minimum Gasteiger partial charge on any atom is -0.469 e. The van der Waals surface area contributed by atoms with Crippen LogP contribution in [0.25, 0.3) is 0 Å². The lowest BCUT2D eigenvalue weighted by atomic mass is 9.81. The number of carbonyl (C=O) groups excluding carboxylic acids is 1. The number of nitrogens with one attached hydrogen (secondary N) is 1. The number of esters is 1. The molecular weight excluding hydrogens is 221 g/mol. The van der Waals surface area contributed by atoms with Gasteiger partial charge >= 0.3 is 5.97 Å². The molecule has 17 heavy (non-hydrogen) atoms. The Morgan fingerprint density at radius 1 is 1.41 bits per heavy atom. The molecule has 0 amide bonds. The fourth-order valence-corrected chi connectivity index (χ4v) is 2.37. The third-order valence-electron chi connectivity index (χ3n) is 3.28. The fourth-order valence-electron chi connectivity index (χ4n) is 2.37.